The van der Waals surface area contributed by atoms with Gasteiger partial charge in [0.2, 0.25) is 5.91 Å². The Hall–Kier alpha value is -2.76. The first-order chi connectivity index (χ1) is 11.1. The minimum Gasteiger partial charge on any atom is -0.328 e. The molecule has 6 heteroatoms. The number of hydrogen-bond donors (Lipinski definition) is 1. The Bertz CT molecular complexity index is 673. The van der Waals surface area contributed by atoms with Crippen LogP contribution < -0.4 is 5.32 Å². The summed E-state index contributed by atoms with van der Waals surface area (Å²) in [6.07, 6.45) is 5.13. The van der Waals surface area contributed by atoms with Crippen LogP contribution in [0.15, 0.2) is 42.9 Å². The summed E-state index contributed by atoms with van der Waals surface area (Å²) in [5, 5.41) is 2.84. The van der Waals surface area contributed by atoms with Crippen molar-refractivity contribution in [2.45, 2.75) is 20.3 Å². The van der Waals surface area contributed by atoms with Crippen LogP contribution >= 0.6 is 0 Å². The van der Waals surface area contributed by atoms with E-state index in [0.717, 1.165) is 17.7 Å². The zero-order valence-electron chi connectivity index (χ0n) is 13.3. The molecule has 0 aliphatic carbocycles. The van der Waals surface area contributed by atoms with E-state index in [9.17, 15) is 9.59 Å². The van der Waals surface area contributed by atoms with Crippen molar-refractivity contribution in [2.75, 3.05) is 18.4 Å². The molecule has 0 fully saturated rings. The Morgan fingerprint density at radius 2 is 2.00 bits per heavy atom. The molecule has 0 radical (unpaired) electrons. The highest BCUT2D eigenvalue weighted by molar-refractivity contribution is 5.98. The SMILES string of the molecule is CCCN(CC(=O)Nc1ccccc1C)C(=O)c1cnccn1. The van der Waals surface area contributed by atoms with E-state index in [4.69, 9.17) is 0 Å². The van der Waals surface area contributed by atoms with Crippen LogP contribution in [-0.4, -0.2) is 39.8 Å². The van der Waals surface area contributed by atoms with E-state index in [0.29, 0.717) is 6.54 Å². The van der Waals surface area contributed by atoms with Crippen LogP contribution in [0.25, 0.3) is 0 Å². The van der Waals surface area contributed by atoms with Gasteiger partial charge in [-0.1, -0.05) is 25.1 Å². The number of aryl methyl sites for hydroxylation is 1. The summed E-state index contributed by atoms with van der Waals surface area (Å²) in [5.74, 6) is -0.523. The second kappa shape index (κ2) is 8.03. The predicted octanol–water partition coefficient (Wildman–Crippen LogP) is 2.28. The Balaban J connectivity index is 2.05. The first-order valence-electron chi connectivity index (χ1n) is 7.52. The van der Waals surface area contributed by atoms with Gasteiger partial charge in [-0.15, -0.1) is 0 Å². The fourth-order valence-corrected chi connectivity index (χ4v) is 2.17. The molecule has 1 heterocycles. The highest BCUT2D eigenvalue weighted by atomic mass is 16.2. The van der Waals surface area contributed by atoms with Crippen molar-refractivity contribution in [3.8, 4) is 0 Å². The van der Waals surface area contributed by atoms with E-state index in [1.165, 1.54) is 23.5 Å². The number of carbonyl (C=O) groups excluding carboxylic acids is 2. The van der Waals surface area contributed by atoms with Crippen molar-refractivity contribution in [2.24, 2.45) is 0 Å². The van der Waals surface area contributed by atoms with Gasteiger partial charge >= 0.3 is 0 Å². The fraction of sp³-hybridized carbons (Fsp3) is 0.294. The summed E-state index contributed by atoms with van der Waals surface area (Å²) in [5.41, 5.74) is 1.97. The third kappa shape index (κ3) is 4.60. The number of rotatable bonds is 6. The highest BCUT2D eigenvalue weighted by Crippen LogP contribution is 2.13. The van der Waals surface area contributed by atoms with E-state index in [1.807, 2.05) is 38.1 Å². The zero-order valence-corrected chi connectivity index (χ0v) is 13.3. The molecule has 2 amide bonds. The summed E-state index contributed by atoms with van der Waals surface area (Å²) < 4.78 is 0. The molecule has 2 rings (SSSR count). The number of hydrogen-bond acceptors (Lipinski definition) is 4. The molecule has 0 saturated carbocycles. The van der Waals surface area contributed by atoms with Gasteiger partial charge in [-0.05, 0) is 25.0 Å². The lowest BCUT2D eigenvalue weighted by Gasteiger charge is -2.21. The lowest BCUT2D eigenvalue weighted by molar-refractivity contribution is -0.116. The standard InChI is InChI=1S/C17H20N4O2/c1-3-10-21(17(23)15-11-18-8-9-19-15)12-16(22)20-14-7-5-4-6-13(14)2/h4-9,11H,3,10,12H2,1-2H3,(H,20,22). The first kappa shape index (κ1) is 16.6. The van der Waals surface area contributed by atoms with Gasteiger partial charge in [-0.3, -0.25) is 14.6 Å². The number of benzene rings is 1. The number of anilines is 1. The second-order valence-corrected chi connectivity index (χ2v) is 5.18. The average Bonchev–Trinajstić information content (AvgIpc) is 2.57. The van der Waals surface area contributed by atoms with Crippen molar-refractivity contribution in [1.82, 2.24) is 14.9 Å². The van der Waals surface area contributed by atoms with Gasteiger partial charge in [0.05, 0.1) is 6.20 Å². The van der Waals surface area contributed by atoms with Crippen LogP contribution in [0.1, 0.15) is 29.4 Å². The maximum Gasteiger partial charge on any atom is 0.274 e. The second-order valence-electron chi connectivity index (χ2n) is 5.18. The molecular formula is C17H20N4O2. The molecule has 23 heavy (non-hydrogen) atoms. The minimum atomic E-state index is -0.292. The van der Waals surface area contributed by atoms with Crippen molar-refractivity contribution in [3.63, 3.8) is 0 Å². The molecule has 6 nitrogen and oxygen atoms in total. The normalized spacial score (nSPS) is 10.2. The minimum absolute atomic E-state index is 0.0163. The van der Waals surface area contributed by atoms with Gasteiger partial charge in [0.1, 0.15) is 12.2 Å². The van der Waals surface area contributed by atoms with Crippen molar-refractivity contribution in [3.05, 3.63) is 54.1 Å². The molecule has 1 aromatic heterocycles. The maximum atomic E-state index is 12.4. The molecule has 0 unspecified atom stereocenters. The van der Waals surface area contributed by atoms with E-state index in [2.05, 4.69) is 15.3 Å². The number of amides is 2. The molecule has 120 valence electrons. The Labute approximate surface area is 135 Å². The predicted molar refractivity (Wildman–Crippen MR) is 88.0 cm³/mol. The molecule has 1 N–H and O–H groups in total. The van der Waals surface area contributed by atoms with Gasteiger partial charge in [-0.2, -0.15) is 0 Å². The molecule has 0 aliphatic heterocycles. The molecule has 0 aliphatic rings. The monoisotopic (exact) mass is 312 g/mol. The Morgan fingerprint density at radius 1 is 1.22 bits per heavy atom. The number of nitrogens with one attached hydrogen (secondary N) is 1. The summed E-state index contributed by atoms with van der Waals surface area (Å²) >= 11 is 0. The highest BCUT2D eigenvalue weighted by Gasteiger charge is 2.19. The molecule has 0 bridgehead atoms. The quantitative estimate of drug-likeness (QED) is 0.888. The maximum absolute atomic E-state index is 12.4. The Kier molecular flexibility index (Phi) is 5.80. The van der Waals surface area contributed by atoms with Crippen LogP contribution in [-0.2, 0) is 4.79 Å². The number of nitrogens with zero attached hydrogens (tertiary/aromatic N) is 3. The van der Waals surface area contributed by atoms with Crippen molar-refractivity contribution in [1.29, 1.82) is 0 Å². The van der Waals surface area contributed by atoms with Gasteiger partial charge < -0.3 is 10.2 Å². The molecular weight excluding hydrogens is 292 g/mol. The molecule has 0 atom stereocenters. The largest absolute Gasteiger partial charge is 0.328 e. The fourth-order valence-electron chi connectivity index (χ4n) is 2.17. The smallest absolute Gasteiger partial charge is 0.274 e. The lowest BCUT2D eigenvalue weighted by Crippen LogP contribution is -2.39. The Morgan fingerprint density at radius 3 is 2.65 bits per heavy atom. The number of carbonyl (C=O) groups is 2. The van der Waals surface area contributed by atoms with Gasteiger partial charge in [0.15, 0.2) is 0 Å². The lowest BCUT2D eigenvalue weighted by atomic mass is 10.2. The van der Waals surface area contributed by atoms with Gasteiger partial charge in [0, 0.05) is 24.6 Å². The van der Waals surface area contributed by atoms with Crippen LogP contribution in [0.3, 0.4) is 0 Å². The van der Waals surface area contributed by atoms with Crippen LogP contribution in [0, 0.1) is 6.92 Å². The van der Waals surface area contributed by atoms with Crippen LogP contribution in [0.4, 0.5) is 5.69 Å². The first-order valence-corrected chi connectivity index (χ1v) is 7.52. The molecule has 0 spiro atoms. The van der Waals surface area contributed by atoms with Crippen molar-refractivity contribution >= 4 is 17.5 Å². The summed E-state index contributed by atoms with van der Waals surface area (Å²) in [6.45, 7) is 4.34. The van der Waals surface area contributed by atoms with Crippen molar-refractivity contribution < 1.29 is 9.59 Å². The van der Waals surface area contributed by atoms with Gasteiger partial charge in [-0.25, -0.2) is 4.98 Å². The summed E-state index contributed by atoms with van der Waals surface area (Å²) in [6, 6.07) is 7.52. The van der Waals surface area contributed by atoms with Gasteiger partial charge in [0.25, 0.3) is 5.91 Å². The molecule has 0 saturated heterocycles. The van der Waals surface area contributed by atoms with E-state index in [-0.39, 0.29) is 24.1 Å². The average molecular weight is 312 g/mol. The van der Waals surface area contributed by atoms with E-state index in [1.54, 1.807) is 0 Å². The number of para-hydroxylation sites is 1. The number of aromatic nitrogens is 2. The zero-order chi connectivity index (χ0) is 16.7. The van der Waals surface area contributed by atoms with E-state index < -0.39 is 0 Å². The summed E-state index contributed by atoms with van der Waals surface area (Å²) in [7, 11) is 0. The third-order valence-corrected chi connectivity index (χ3v) is 3.32. The molecule has 2 aromatic rings. The molecule has 1 aromatic carbocycles. The summed E-state index contributed by atoms with van der Waals surface area (Å²) in [4.78, 5) is 34.1. The topological polar surface area (TPSA) is 75.2 Å². The third-order valence-electron chi connectivity index (χ3n) is 3.32. The van der Waals surface area contributed by atoms with Crippen LogP contribution in [0.5, 0.6) is 0 Å². The van der Waals surface area contributed by atoms with E-state index >= 15 is 0 Å². The van der Waals surface area contributed by atoms with Crippen LogP contribution in [0.2, 0.25) is 0 Å².